The molecule has 0 saturated carbocycles. The molecule has 0 fully saturated rings. The number of benzene rings is 1. The van der Waals surface area contributed by atoms with Crippen LogP contribution in [0.4, 0.5) is 11.8 Å². The Hall–Kier alpha value is -2.74. The number of rotatable bonds is 3. The molecule has 2 aromatic rings. The summed E-state index contributed by atoms with van der Waals surface area (Å²) in [6.45, 7) is 4.14. The molecule has 1 heterocycles. The molecule has 5 nitrogen and oxygen atoms in total. The van der Waals surface area contributed by atoms with Crippen LogP contribution in [-0.4, -0.2) is 9.97 Å². The molecule has 20 heavy (non-hydrogen) atoms. The lowest BCUT2D eigenvalue weighted by Gasteiger charge is -2.14. The van der Waals surface area contributed by atoms with Gasteiger partial charge in [-0.3, -0.25) is 0 Å². The first-order valence-electron chi connectivity index (χ1n) is 6.17. The predicted molar refractivity (Wildman–Crippen MR) is 79.4 cm³/mol. The first-order valence-corrected chi connectivity index (χ1v) is 6.17. The number of nitrogen functional groups attached to an aromatic ring is 2. The van der Waals surface area contributed by atoms with Crippen LogP contribution in [0.3, 0.4) is 0 Å². The molecule has 5 heteroatoms. The minimum Gasteiger partial charge on any atom is -0.452 e. The standard InChI is InChI=1S/C15H16N4O/c1-4-10-5-6-11(9(2)3)12(7-10)20-13-8-18-15(17)19-14(13)16/h1,5-9H,2-3H3,(H4,16,17,18,19). The summed E-state index contributed by atoms with van der Waals surface area (Å²) >= 11 is 0. The van der Waals surface area contributed by atoms with Crippen molar-refractivity contribution in [1.29, 1.82) is 0 Å². The van der Waals surface area contributed by atoms with Crippen LogP contribution in [0.2, 0.25) is 0 Å². The van der Waals surface area contributed by atoms with Gasteiger partial charge in [0.1, 0.15) is 5.75 Å². The summed E-state index contributed by atoms with van der Waals surface area (Å²) in [5, 5.41) is 0. The summed E-state index contributed by atoms with van der Waals surface area (Å²) in [4.78, 5) is 7.74. The molecule has 0 aliphatic heterocycles. The molecule has 0 aliphatic carbocycles. The van der Waals surface area contributed by atoms with E-state index in [-0.39, 0.29) is 17.7 Å². The van der Waals surface area contributed by atoms with E-state index >= 15 is 0 Å². The van der Waals surface area contributed by atoms with E-state index in [0.29, 0.717) is 11.5 Å². The van der Waals surface area contributed by atoms with E-state index in [1.807, 2.05) is 12.1 Å². The number of hydrogen-bond acceptors (Lipinski definition) is 5. The van der Waals surface area contributed by atoms with E-state index in [1.165, 1.54) is 6.20 Å². The zero-order chi connectivity index (χ0) is 14.7. The van der Waals surface area contributed by atoms with Crippen molar-refractivity contribution in [1.82, 2.24) is 9.97 Å². The Morgan fingerprint density at radius 3 is 2.60 bits per heavy atom. The Labute approximate surface area is 118 Å². The first-order chi connectivity index (χ1) is 9.51. The summed E-state index contributed by atoms with van der Waals surface area (Å²) in [6.07, 6.45) is 6.87. The first kappa shape index (κ1) is 13.7. The van der Waals surface area contributed by atoms with Gasteiger partial charge in [0.25, 0.3) is 0 Å². The van der Waals surface area contributed by atoms with Crippen LogP contribution in [0, 0.1) is 12.3 Å². The Balaban J connectivity index is 2.43. The van der Waals surface area contributed by atoms with Gasteiger partial charge in [0.15, 0.2) is 11.6 Å². The highest BCUT2D eigenvalue weighted by Crippen LogP contribution is 2.33. The molecule has 0 saturated heterocycles. The highest BCUT2D eigenvalue weighted by atomic mass is 16.5. The smallest absolute Gasteiger partial charge is 0.222 e. The molecular weight excluding hydrogens is 252 g/mol. The quantitative estimate of drug-likeness (QED) is 0.835. The molecule has 102 valence electrons. The van der Waals surface area contributed by atoms with Gasteiger partial charge >= 0.3 is 0 Å². The lowest BCUT2D eigenvalue weighted by atomic mass is 10.0. The molecular formula is C15H16N4O. The summed E-state index contributed by atoms with van der Waals surface area (Å²) in [6, 6.07) is 5.62. The molecule has 0 spiro atoms. The molecule has 0 aliphatic rings. The lowest BCUT2D eigenvalue weighted by molar-refractivity contribution is 0.471. The topological polar surface area (TPSA) is 87.0 Å². The third-order valence-electron chi connectivity index (χ3n) is 2.82. The van der Waals surface area contributed by atoms with Gasteiger partial charge in [0.2, 0.25) is 5.95 Å². The van der Waals surface area contributed by atoms with Crippen molar-refractivity contribution in [2.45, 2.75) is 19.8 Å². The van der Waals surface area contributed by atoms with Crippen molar-refractivity contribution in [2.24, 2.45) is 0 Å². The number of nitrogens with two attached hydrogens (primary N) is 2. The molecule has 0 radical (unpaired) electrons. The SMILES string of the molecule is C#Cc1ccc(C(C)C)c(Oc2cnc(N)nc2N)c1. The maximum atomic E-state index is 5.80. The van der Waals surface area contributed by atoms with Gasteiger partial charge in [0, 0.05) is 5.56 Å². The number of hydrogen-bond donors (Lipinski definition) is 2. The van der Waals surface area contributed by atoms with Crippen molar-refractivity contribution in [2.75, 3.05) is 11.5 Å². The maximum Gasteiger partial charge on any atom is 0.222 e. The molecule has 2 rings (SSSR count). The molecule has 1 aromatic heterocycles. The van der Waals surface area contributed by atoms with Gasteiger partial charge in [-0.05, 0) is 23.6 Å². The molecule has 4 N–H and O–H groups in total. The van der Waals surface area contributed by atoms with Crippen molar-refractivity contribution in [3.8, 4) is 23.8 Å². The highest BCUT2D eigenvalue weighted by molar-refractivity contribution is 5.52. The number of terminal acetylenes is 1. The fourth-order valence-electron chi connectivity index (χ4n) is 1.78. The van der Waals surface area contributed by atoms with Gasteiger partial charge in [-0.1, -0.05) is 25.8 Å². The molecule has 0 amide bonds. The van der Waals surface area contributed by atoms with Crippen LogP contribution < -0.4 is 16.2 Å². The van der Waals surface area contributed by atoms with E-state index in [2.05, 4.69) is 29.7 Å². The third kappa shape index (κ3) is 2.81. The van der Waals surface area contributed by atoms with Crippen molar-refractivity contribution >= 4 is 11.8 Å². The average molecular weight is 268 g/mol. The second-order valence-corrected chi connectivity index (χ2v) is 4.63. The monoisotopic (exact) mass is 268 g/mol. The predicted octanol–water partition coefficient (Wildman–Crippen LogP) is 2.54. The maximum absolute atomic E-state index is 5.80. The Kier molecular flexibility index (Phi) is 3.76. The molecule has 1 aromatic carbocycles. The normalized spacial score (nSPS) is 10.3. The van der Waals surface area contributed by atoms with E-state index in [0.717, 1.165) is 11.1 Å². The Morgan fingerprint density at radius 2 is 2.00 bits per heavy atom. The summed E-state index contributed by atoms with van der Waals surface area (Å²) in [5.41, 5.74) is 13.0. The Bertz CT molecular complexity index is 674. The summed E-state index contributed by atoms with van der Waals surface area (Å²) in [5.74, 6) is 4.17. The second kappa shape index (κ2) is 5.49. The van der Waals surface area contributed by atoms with Gasteiger partial charge in [0.05, 0.1) is 6.20 Å². The van der Waals surface area contributed by atoms with Crippen molar-refractivity contribution < 1.29 is 4.74 Å². The van der Waals surface area contributed by atoms with Crippen LogP contribution in [-0.2, 0) is 0 Å². The second-order valence-electron chi connectivity index (χ2n) is 4.63. The van der Waals surface area contributed by atoms with E-state index in [1.54, 1.807) is 6.07 Å². The van der Waals surface area contributed by atoms with Gasteiger partial charge < -0.3 is 16.2 Å². The average Bonchev–Trinajstić information content (AvgIpc) is 2.41. The van der Waals surface area contributed by atoms with Gasteiger partial charge in [-0.15, -0.1) is 6.42 Å². The van der Waals surface area contributed by atoms with E-state index < -0.39 is 0 Å². The molecule has 0 atom stereocenters. The minimum atomic E-state index is 0.108. The minimum absolute atomic E-state index is 0.108. The third-order valence-corrected chi connectivity index (χ3v) is 2.82. The zero-order valence-corrected chi connectivity index (χ0v) is 11.4. The van der Waals surface area contributed by atoms with Crippen LogP contribution in [0.5, 0.6) is 11.5 Å². The number of aromatic nitrogens is 2. The lowest BCUT2D eigenvalue weighted by Crippen LogP contribution is -2.02. The van der Waals surface area contributed by atoms with Crippen molar-refractivity contribution in [3.05, 3.63) is 35.5 Å². The molecule has 0 bridgehead atoms. The van der Waals surface area contributed by atoms with Crippen LogP contribution in [0.25, 0.3) is 0 Å². The summed E-state index contributed by atoms with van der Waals surface area (Å²) < 4.78 is 5.80. The van der Waals surface area contributed by atoms with Crippen molar-refractivity contribution in [3.63, 3.8) is 0 Å². The molecule has 0 unspecified atom stereocenters. The van der Waals surface area contributed by atoms with Gasteiger partial charge in [-0.2, -0.15) is 4.98 Å². The number of ether oxygens (including phenoxy) is 1. The van der Waals surface area contributed by atoms with Gasteiger partial charge in [-0.25, -0.2) is 4.98 Å². The van der Waals surface area contributed by atoms with E-state index in [9.17, 15) is 0 Å². The van der Waals surface area contributed by atoms with Crippen LogP contribution in [0.15, 0.2) is 24.4 Å². The highest BCUT2D eigenvalue weighted by Gasteiger charge is 2.12. The largest absolute Gasteiger partial charge is 0.452 e. The van der Waals surface area contributed by atoms with E-state index in [4.69, 9.17) is 22.6 Å². The van der Waals surface area contributed by atoms with Crippen LogP contribution >= 0.6 is 0 Å². The fraction of sp³-hybridized carbons (Fsp3) is 0.200. The number of nitrogens with zero attached hydrogens (tertiary/aromatic N) is 2. The van der Waals surface area contributed by atoms with Crippen LogP contribution in [0.1, 0.15) is 30.9 Å². The Morgan fingerprint density at radius 1 is 1.25 bits per heavy atom. The zero-order valence-electron chi connectivity index (χ0n) is 11.4. The number of anilines is 2. The fourth-order valence-corrected chi connectivity index (χ4v) is 1.78. The summed E-state index contributed by atoms with van der Waals surface area (Å²) in [7, 11) is 0.